The molecule has 0 aliphatic carbocycles. The summed E-state index contributed by atoms with van der Waals surface area (Å²) in [6.07, 6.45) is 9.37. The number of hydrogen-bond acceptors (Lipinski definition) is 7. The van der Waals surface area contributed by atoms with Gasteiger partial charge in [-0.1, -0.05) is 0 Å². The Bertz CT molecular complexity index is 617. The predicted octanol–water partition coefficient (Wildman–Crippen LogP) is 1.41. The third-order valence-electron chi connectivity index (χ3n) is 3.94. The van der Waals surface area contributed by atoms with Crippen LogP contribution >= 0.6 is 0 Å². The molecule has 0 spiro atoms. The molecule has 1 fully saturated rings. The molecule has 7 nitrogen and oxygen atoms in total. The third-order valence-corrected chi connectivity index (χ3v) is 3.94. The summed E-state index contributed by atoms with van der Waals surface area (Å²) in [4.78, 5) is 21.7. The van der Waals surface area contributed by atoms with Crippen LogP contribution in [0.3, 0.4) is 0 Å². The zero-order chi connectivity index (χ0) is 16.1. The summed E-state index contributed by atoms with van der Waals surface area (Å²) in [5.74, 6) is 1.61. The van der Waals surface area contributed by atoms with Crippen LogP contribution in [0.1, 0.15) is 18.5 Å². The molecule has 1 atom stereocenters. The van der Waals surface area contributed by atoms with Crippen LogP contribution in [0, 0.1) is 0 Å². The summed E-state index contributed by atoms with van der Waals surface area (Å²) in [7, 11) is 3.96. The maximum atomic E-state index is 4.54. The Morgan fingerprint density at radius 1 is 1.26 bits per heavy atom. The van der Waals surface area contributed by atoms with Gasteiger partial charge in [0.25, 0.3) is 0 Å². The molecule has 3 heterocycles. The van der Waals surface area contributed by atoms with Gasteiger partial charge < -0.3 is 10.2 Å². The van der Waals surface area contributed by atoms with Gasteiger partial charge >= 0.3 is 0 Å². The van der Waals surface area contributed by atoms with Gasteiger partial charge in [-0.2, -0.15) is 4.98 Å². The largest absolute Gasteiger partial charge is 0.363 e. The highest BCUT2D eigenvalue weighted by Gasteiger charge is 2.21. The quantitative estimate of drug-likeness (QED) is 0.895. The van der Waals surface area contributed by atoms with Gasteiger partial charge in [0.05, 0.1) is 5.69 Å². The van der Waals surface area contributed by atoms with Gasteiger partial charge in [-0.25, -0.2) is 4.98 Å². The van der Waals surface area contributed by atoms with E-state index in [4.69, 9.17) is 0 Å². The van der Waals surface area contributed by atoms with E-state index < -0.39 is 0 Å². The summed E-state index contributed by atoms with van der Waals surface area (Å²) in [6.45, 7) is 2.89. The number of hydrogen-bond donors (Lipinski definition) is 1. The minimum Gasteiger partial charge on any atom is -0.363 e. The second-order valence-electron chi connectivity index (χ2n) is 6.05. The fourth-order valence-electron chi connectivity index (χ4n) is 2.81. The lowest BCUT2D eigenvalue weighted by Crippen LogP contribution is -2.42. The Kier molecular flexibility index (Phi) is 4.97. The summed E-state index contributed by atoms with van der Waals surface area (Å²) >= 11 is 0. The molecule has 0 amide bonds. The van der Waals surface area contributed by atoms with Crippen molar-refractivity contribution in [2.75, 3.05) is 37.4 Å². The van der Waals surface area contributed by atoms with Gasteiger partial charge in [-0.15, -0.1) is 0 Å². The van der Waals surface area contributed by atoms with Gasteiger partial charge in [0.15, 0.2) is 0 Å². The average molecular weight is 313 g/mol. The molecule has 2 aromatic rings. The Hall–Kier alpha value is -2.28. The molecule has 3 rings (SSSR count). The molecule has 0 saturated carbocycles. The summed E-state index contributed by atoms with van der Waals surface area (Å²) in [5, 5.41) is 3.47. The van der Waals surface area contributed by atoms with Crippen molar-refractivity contribution in [1.82, 2.24) is 24.8 Å². The van der Waals surface area contributed by atoms with Crippen molar-refractivity contribution in [3.8, 4) is 0 Å². The third kappa shape index (κ3) is 4.35. The number of piperidine rings is 1. The standard InChI is InChI=1S/C16H23N7/c1-22(2)15-5-6-19-16(21-15)20-13-4-3-9-23(11-13)12-14-10-17-7-8-18-14/h5-8,10,13H,3-4,9,11-12H2,1-2H3,(H,19,20,21). The van der Waals surface area contributed by atoms with E-state index in [2.05, 4.69) is 30.2 Å². The van der Waals surface area contributed by atoms with Crippen LogP contribution in [0.2, 0.25) is 0 Å². The van der Waals surface area contributed by atoms with Crippen molar-refractivity contribution >= 4 is 11.8 Å². The zero-order valence-electron chi connectivity index (χ0n) is 13.7. The van der Waals surface area contributed by atoms with E-state index in [0.29, 0.717) is 12.0 Å². The van der Waals surface area contributed by atoms with Crippen molar-refractivity contribution in [2.45, 2.75) is 25.4 Å². The Balaban J connectivity index is 1.59. The van der Waals surface area contributed by atoms with Gasteiger partial charge in [0.2, 0.25) is 5.95 Å². The lowest BCUT2D eigenvalue weighted by atomic mass is 10.1. The van der Waals surface area contributed by atoms with Crippen LogP contribution in [-0.4, -0.2) is 58.1 Å². The van der Waals surface area contributed by atoms with Gasteiger partial charge in [-0.3, -0.25) is 14.9 Å². The molecular weight excluding hydrogens is 290 g/mol. The van der Waals surface area contributed by atoms with E-state index in [1.807, 2.05) is 31.3 Å². The molecule has 0 aromatic carbocycles. The van der Waals surface area contributed by atoms with Gasteiger partial charge in [0, 0.05) is 58.0 Å². The molecular formula is C16H23N7. The Morgan fingerprint density at radius 3 is 2.96 bits per heavy atom. The Labute approximate surface area is 136 Å². The van der Waals surface area contributed by atoms with E-state index in [1.165, 1.54) is 0 Å². The van der Waals surface area contributed by atoms with Crippen molar-refractivity contribution in [3.05, 3.63) is 36.5 Å². The molecule has 23 heavy (non-hydrogen) atoms. The Morgan fingerprint density at radius 2 is 2.17 bits per heavy atom. The van der Waals surface area contributed by atoms with Crippen LogP contribution < -0.4 is 10.2 Å². The molecule has 122 valence electrons. The van der Waals surface area contributed by atoms with Crippen LogP contribution in [-0.2, 0) is 6.54 Å². The first-order valence-electron chi connectivity index (χ1n) is 7.95. The minimum absolute atomic E-state index is 0.359. The van der Waals surface area contributed by atoms with E-state index >= 15 is 0 Å². The van der Waals surface area contributed by atoms with Crippen molar-refractivity contribution < 1.29 is 0 Å². The second kappa shape index (κ2) is 7.32. The molecule has 1 unspecified atom stereocenters. The van der Waals surface area contributed by atoms with Crippen molar-refractivity contribution in [1.29, 1.82) is 0 Å². The summed E-state index contributed by atoms with van der Waals surface area (Å²) < 4.78 is 0. The summed E-state index contributed by atoms with van der Waals surface area (Å²) in [6, 6.07) is 2.27. The first-order chi connectivity index (χ1) is 11.2. The highest BCUT2D eigenvalue weighted by atomic mass is 15.2. The maximum absolute atomic E-state index is 4.54. The highest BCUT2D eigenvalue weighted by molar-refractivity contribution is 5.41. The lowest BCUT2D eigenvalue weighted by Gasteiger charge is -2.32. The first kappa shape index (κ1) is 15.6. The molecule has 0 bridgehead atoms. The molecule has 0 radical (unpaired) electrons. The van der Waals surface area contributed by atoms with Crippen LogP contribution in [0.5, 0.6) is 0 Å². The molecule has 1 saturated heterocycles. The molecule has 2 aromatic heterocycles. The first-order valence-corrected chi connectivity index (χ1v) is 7.95. The van der Waals surface area contributed by atoms with E-state index in [0.717, 1.165) is 44.0 Å². The second-order valence-corrected chi connectivity index (χ2v) is 6.05. The SMILES string of the molecule is CN(C)c1ccnc(NC2CCCN(Cc3cnccn3)C2)n1. The average Bonchev–Trinajstić information content (AvgIpc) is 2.56. The molecule has 1 aliphatic rings. The van der Waals surface area contributed by atoms with Crippen molar-refractivity contribution in [2.24, 2.45) is 0 Å². The molecule has 1 aliphatic heterocycles. The zero-order valence-corrected chi connectivity index (χ0v) is 13.7. The number of rotatable bonds is 5. The number of anilines is 2. The fraction of sp³-hybridized carbons (Fsp3) is 0.500. The topological polar surface area (TPSA) is 70.1 Å². The van der Waals surface area contributed by atoms with E-state index in [9.17, 15) is 0 Å². The van der Waals surface area contributed by atoms with Crippen LogP contribution in [0.25, 0.3) is 0 Å². The number of nitrogens with zero attached hydrogens (tertiary/aromatic N) is 6. The highest BCUT2D eigenvalue weighted by Crippen LogP contribution is 2.16. The minimum atomic E-state index is 0.359. The van der Waals surface area contributed by atoms with Crippen LogP contribution in [0.15, 0.2) is 30.9 Å². The predicted molar refractivity (Wildman–Crippen MR) is 90.3 cm³/mol. The summed E-state index contributed by atoms with van der Waals surface area (Å²) in [5.41, 5.74) is 1.01. The van der Waals surface area contributed by atoms with Crippen LogP contribution in [0.4, 0.5) is 11.8 Å². The lowest BCUT2D eigenvalue weighted by molar-refractivity contribution is 0.206. The number of nitrogens with one attached hydrogen (secondary N) is 1. The molecule has 1 N–H and O–H groups in total. The number of aromatic nitrogens is 4. The normalized spacial score (nSPS) is 18.6. The fourth-order valence-corrected chi connectivity index (χ4v) is 2.81. The van der Waals surface area contributed by atoms with Gasteiger partial charge in [-0.05, 0) is 25.5 Å². The van der Waals surface area contributed by atoms with E-state index in [1.54, 1.807) is 18.6 Å². The number of likely N-dealkylation sites (tertiary alicyclic amines) is 1. The van der Waals surface area contributed by atoms with Gasteiger partial charge in [0.1, 0.15) is 5.82 Å². The molecule has 7 heteroatoms. The van der Waals surface area contributed by atoms with E-state index in [-0.39, 0.29) is 0 Å². The monoisotopic (exact) mass is 313 g/mol. The smallest absolute Gasteiger partial charge is 0.224 e. The van der Waals surface area contributed by atoms with Crippen molar-refractivity contribution in [3.63, 3.8) is 0 Å². The maximum Gasteiger partial charge on any atom is 0.224 e.